The molecule has 1 fully saturated rings. The molecule has 5 nitrogen and oxygen atoms in total. The molecular weight excluding hydrogens is 318 g/mol. The average Bonchev–Trinajstić information content (AvgIpc) is 2.43. The molecule has 0 aromatic heterocycles. The molecule has 0 unspecified atom stereocenters. The second-order valence-corrected chi connectivity index (χ2v) is 7.93. The fourth-order valence-corrected chi connectivity index (χ4v) is 4.19. The smallest absolute Gasteiger partial charge is 0.240 e. The number of rotatable bonds is 5. The quantitative estimate of drug-likeness (QED) is 0.792. The monoisotopic (exact) mass is 335 g/mol. The lowest BCUT2D eigenvalue weighted by Crippen LogP contribution is -2.39. The fourth-order valence-electron chi connectivity index (χ4n) is 1.92. The molecule has 1 aliphatic rings. The zero-order valence-corrected chi connectivity index (χ0v) is 13.4. The molecule has 1 saturated heterocycles. The number of anilines is 1. The maximum atomic E-state index is 12.1. The van der Waals surface area contributed by atoms with E-state index in [2.05, 4.69) is 9.62 Å². The molecule has 1 aromatic carbocycles. The molecule has 1 aliphatic heterocycles. The fraction of sp³-hybridized carbons (Fsp3) is 0.500. The highest BCUT2D eigenvalue weighted by atomic mass is 35.5. The molecule has 0 saturated carbocycles. The Morgan fingerprint density at radius 2 is 2.05 bits per heavy atom. The number of hydrogen-bond acceptors (Lipinski definition) is 5. The van der Waals surface area contributed by atoms with Crippen molar-refractivity contribution < 1.29 is 8.42 Å². The van der Waals surface area contributed by atoms with Crippen molar-refractivity contribution in [1.82, 2.24) is 9.62 Å². The van der Waals surface area contributed by atoms with Gasteiger partial charge in [0.1, 0.15) is 0 Å². The summed E-state index contributed by atoms with van der Waals surface area (Å²) in [5.41, 5.74) is 5.95. The van der Waals surface area contributed by atoms with Crippen molar-refractivity contribution in [2.45, 2.75) is 4.90 Å². The van der Waals surface area contributed by atoms with Crippen LogP contribution in [-0.2, 0) is 10.0 Å². The lowest BCUT2D eigenvalue weighted by Gasteiger charge is -2.25. The minimum absolute atomic E-state index is 0.144. The highest BCUT2D eigenvalue weighted by molar-refractivity contribution is 7.99. The Morgan fingerprint density at radius 3 is 2.70 bits per heavy atom. The van der Waals surface area contributed by atoms with Gasteiger partial charge >= 0.3 is 0 Å². The van der Waals surface area contributed by atoms with Crippen LogP contribution in [0.3, 0.4) is 0 Å². The van der Waals surface area contributed by atoms with Gasteiger partial charge in [-0.05, 0) is 18.2 Å². The number of nitrogens with one attached hydrogen (secondary N) is 1. The average molecular weight is 336 g/mol. The Hall–Kier alpha value is -0.470. The van der Waals surface area contributed by atoms with Crippen LogP contribution in [0.2, 0.25) is 5.02 Å². The van der Waals surface area contributed by atoms with Crippen LogP contribution in [-0.4, -0.2) is 51.0 Å². The summed E-state index contributed by atoms with van der Waals surface area (Å²) in [6, 6.07) is 4.33. The minimum atomic E-state index is -3.52. The molecule has 20 heavy (non-hydrogen) atoms. The van der Waals surface area contributed by atoms with E-state index >= 15 is 0 Å². The topological polar surface area (TPSA) is 75.4 Å². The van der Waals surface area contributed by atoms with E-state index in [0.717, 1.165) is 31.1 Å². The molecule has 1 aromatic rings. The van der Waals surface area contributed by atoms with E-state index in [0.29, 0.717) is 12.2 Å². The first-order valence-electron chi connectivity index (χ1n) is 6.34. The van der Waals surface area contributed by atoms with Gasteiger partial charge in [0.2, 0.25) is 10.0 Å². The predicted octanol–water partition coefficient (Wildman–Crippen LogP) is 1.25. The van der Waals surface area contributed by atoms with E-state index in [4.69, 9.17) is 17.3 Å². The Labute approximate surface area is 128 Å². The van der Waals surface area contributed by atoms with E-state index < -0.39 is 10.0 Å². The van der Waals surface area contributed by atoms with Crippen LogP contribution in [0.5, 0.6) is 0 Å². The number of halogens is 1. The predicted molar refractivity (Wildman–Crippen MR) is 84.8 cm³/mol. The van der Waals surface area contributed by atoms with Gasteiger partial charge in [0.25, 0.3) is 0 Å². The third kappa shape index (κ3) is 4.26. The van der Waals surface area contributed by atoms with E-state index in [9.17, 15) is 8.42 Å². The summed E-state index contributed by atoms with van der Waals surface area (Å²) in [6.45, 7) is 3.15. The molecule has 0 amide bonds. The summed E-state index contributed by atoms with van der Waals surface area (Å²) < 4.78 is 26.8. The van der Waals surface area contributed by atoms with Crippen molar-refractivity contribution in [1.29, 1.82) is 0 Å². The number of thioether (sulfide) groups is 1. The van der Waals surface area contributed by atoms with Crippen LogP contribution in [0.4, 0.5) is 5.69 Å². The van der Waals surface area contributed by atoms with E-state index in [1.54, 1.807) is 0 Å². The van der Waals surface area contributed by atoms with Crippen LogP contribution >= 0.6 is 23.4 Å². The maximum Gasteiger partial charge on any atom is 0.240 e. The number of benzene rings is 1. The first-order valence-corrected chi connectivity index (χ1v) is 9.35. The molecule has 0 aliphatic carbocycles. The van der Waals surface area contributed by atoms with Crippen molar-refractivity contribution in [3.05, 3.63) is 23.2 Å². The van der Waals surface area contributed by atoms with Crippen LogP contribution in [0.15, 0.2) is 23.1 Å². The van der Waals surface area contributed by atoms with Crippen LogP contribution in [0.1, 0.15) is 0 Å². The number of nitrogens with zero attached hydrogens (tertiary/aromatic N) is 1. The highest BCUT2D eigenvalue weighted by Gasteiger charge is 2.16. The van der Waals surface area contributed by atoms with E-state index in [1.807, 2.05) is 11.8 Å². The lowest BCUT2D eigenvalue weighted by molar-refractivity contribution is 0.307. The lowest BCUT2D eigenvalue weighted by atomic mass is 10.3. The van der Waals surface area contributed by atoms with Crippen LogP contribution < -0.4 is 10.5 Å². The zero-order chi connectivity index (χ0) is 14.6. The third-order valence-corrected chi connectivity index (χ3v) is 5.83. The number of nitrogens with two attached hydrogens (primary N) is 1. The van der Waals surface area contributed by atoms with Crippen molar-refractivity contribution >= 4 is 39.1 Å². The molecule has 2 rings (SSSR count). The Balaban J connectivity index is 1.91. The van der Waals surface area contributed by atoms with Crippen molar-refractivity contribution in [2.24, 2.45) is 0 Å². The molecule has 0 spiro atoms. The molecule has 0 bridgehead atoms. The summed E-state index contributed by atoms with van der Waals surface area (Å²) in [7, 11) is -3.52. The molecule has 0 atom stereocenters. The molecule has 1 heterocycles. The first-order chi connectivity index (χ1) is 9.49. The largest absolute Gasteiger partial charge is 0.398 e. The summed E-state index contributed by atoms with van der Waals surface area (Å²) in [4.78, 5) is 2.40. The van der Waals surface area contributed by atoms with Gasteiger partial charge in [0.05, 0.1) is 15.6 Å². The highest BCUT2D eigenvalue weighted by Crippen LogP contribution is 2.22. The van der Waals surface area contributed by atoms with Gasteiger partial charge in [-0.1, -0.05) is 11.6 Å². The number of sulfonamides is 1. The normalized spacial score (nSPS) is 17.2. The molecule has 0 radical (unpaired) electrons. The van der Waals surface area contributed by atoms with Gasteiger partial charge in [-0.15, -0.1) is 0 Å². The van der Waals surface area contributed by atoms with Crippen molar-refractivity contribution in [2.75, 3.05) is 43.4 Å². The van der Waals surface area contributed by atoms with E-state index in [-0.39, 0.29) is 9.92 Å². The summed E-state index contributed by atoms with van der Waals surface area (Å²) in [6.07, 6.45) is 0. The number of nitrogen functional groups attached to an aromatic ring is 1. The van der Waals surface area contributed by atoms with E-state index in [1.165, 1.54) is 18.2 Å². The second kappa shape index (κ2) is 7.00. The summed E-state index contributed by atoms with van der Waals surface area (Å²) in [5.74, 6) is 2.22. The van der Waals surface area contributed by atoms with Crippen molar-refractivity contribution in [3.8, 4) is 0 Å². The SMILES string of the molecule is Nc1ccc(S(=O)(=O)NCCN2CCSCC2)cc1Cl. The molecule has 112 valence electrons. The minimum Gasteiger partial charge on any atom is -0.398 e. The van der Waals surface area contributed by atoms with Gasteiger partial charge in [-0.25, -0.2) is 13.1 Å². The first kappa shape index (κ1) is 15.9. The molecular formula is C12H18ClN3O2S2. The summed E-state index contributed by atoms with van der Waals surface area (Å²) >= 11 is 7.78. The van der Waals surface area contributed by atoms with Crippen LogP contribution in [0.25, 0.3) is 0 Å². The Bertz CT molecular complexity index is 560. The molecule has 8 heteroatoms. The number of hydrogen-bond donors (Lipinski definition) is 2. The van der Waals surface area contributed by atoms with Gasteiger partial charge in [0, 0.05) is 37.7 Å². The Kier molecular flexibility index (Phi) is 5.57. The van der Waals surface area contributed by atoms with Gasteiger partial charge < -0.3 is 10.6 Å². The third-order valence-electron chi connectivity index (χ3n) is 3.11. The summed E-state index contributed by atoms with van der Waals surface area (Å²) in [5, 5.41) is 0.251. The maximum absolute atomic E-state index is 12.1. The zero-order valence-electron chi connectivity index (χ0n) is 11.0. The van der Waals surface area contributed by atoms with Gasteiger partial charge in [-0.2, -0.15) is 11.8 Å². The van der Waals surface area contributed by atoms with Gasteiger partial charge in [0.15, 0.2) is 0 Å². The van der Waals surface area contributed by atoms with Crippen LogP contribution in [0, 0.1) is 0 Å². The molecule has 3 N–H and O–H groups in total. The Morgan fingerprint density at radius 1 is 1.35 bits per heavy atom. The van der Waals surface area contributed by atoms with Gasteiger partial charge in [-0.3, -0.25) is 0 Å². The van der Waals surface area contributed by atoms with Crippen molar-refractivity contribution in [3.63, 3.8) is 0 Å². The second-order valence-electron chi connectivity index (χ2n) is 4.54. The standard InChI is InChI=1S/C12H18ClN3O2S2/c13-11-9-10(1-2-12(11)14)20(17,18)15-3-4-16-5-7-19-8-6-16/h1-2,9,15H,3-8,14H2.